The van der Waals surface area contributed by atoms with Crippen molar-refractivity contribution in [2.24, 2.45) is 5.92 Å². The first kappa shape index (κ1) is 32.5. The normalized spacial score (nSPS) is 18.7. The molecule has 5 heterocycles. The van der Waals surface area contributed by atoms with Crippen molar-refractivity contribution in [3.05, 3.63) is 39.3 Å². The third-order valence-corrected chi connectivity index (χ3v) is 11.7. The molecular formula is C32H41Cl2N7O2S2. The number of halogens is 2. The largest absolute Gasteiger partial charge is 0.359 e. The van der Waals surface area contributed by atoms with E-state index in [9.17, 15) is 9.59 Å². The summed E-state index contributed by atoms with van der Waals surface area (Å²) in [4.78, 5) is 43.3. The molecule has 6 rings (SSSR count). The monoisotopic (exact) mass is 689 g/mol. The lowest BCUT2D eigenvalue weighted by Crippen LogP contribution is -2.50. The second kappa shape index (κ2) is 15.0. The van der Waals surface area contributed by atoms with Crippen LogP contribution in [0.15, 0.2) is 23.7 Å². The zero-order chi connectivity index (χ0) is 31.3. The van der Waals surface area contributed by atoms with Gasteiger partial charge in [0.25, 0.3) is 5.91 Å². The molecule has 1 aliphatic carbocycles. The van der Waals surface area contributed by atoms with E-state index in [1.54, 1.807) is 23.6 Å². The maximum atomic E-state index is 13.4. The van der Waals surface area contributed by atoms with Crippen LogP contribution in [0, 0.1) is 5.92 Å². The molecule has 0 radical (unpaired) electrons. The van der Waals surface area contributed by atoms with Gasteiger partial charge in [0.05, 0.1) is 20.5 Å². The average Bonchev–Trinajstić information content (AvgIpc) is 3.70. The van der Waals surface area contributed by atoms with Gasteiger partial charge in [0.1, 0.15) is 16.5 Å². The smallest absolute Gasteiger partial charge is 0.259 e. The maximum absolute atomic E-state index is 13.4. The van der Waals surface area contributed by atoms with Crippen LogP contribution in [0.25, 0.3) is 10.6 Å². The maximum Gasteiger partial charge on any atom is 0.259 e. The van der Waals surface area contributed by atoms with E-state index in [1.807, 2.05) is 18.4 Å². The first-order chi connectivity index (χ1) is 21.9. The van der Waals surface area contributed by atoms with E-state index in [0.717, 1.165) is 61.0 Å². The second-order valence-corrected chi connectivity index (χ2v) is 14.9. The minimum absolute atomic E-state index is 0.00988. The second-order valence-electron chi connectivity index (χ2n) is 12.2. The molecule has 1 saturated carbocycles. The standard InChI is InChI=1S/C32H41Cl2N7O2S2/c1-2-10-35-29(42)21-8-11-40(12-9-21)28-25(34)17-22(19-36-28)30(43)38-32-37-27(26-18-23(33)20-44-26)31(45-32)41-15-13-39(14-16-41)24-6-4-3-5-7-24/h17-21,24H,2-16H2,1H3,(H,35,42)(H,37,38,43). The van der Waals surface area contributed by atoms with Gasteiger partial charge in [-0.3, -0.25) is 19.8 Å². The zero-order valence-electron chi connectivity index (χ0n) is 25.7. The number of aromatic nitrogens is 2. The predicted octanol–water partition coefficient (Wildman–Crippen LogP) is 7.02. The van der Waals surface area contributed by atoms with E-state index >= 15 is 0 Å². The fourth-order valence-corrected chi connectivity index (χ4v) is 9.06. The van der Waals surface area contributed by atoms with Crippen molar-refractivity contribution >= 4 is 73.6 Å². The van der Waals surface area contributed by atoms with Gasteiger partial charge in [0.2, 0.25) is 5.91 Å². The minimum atomic E-state index is -0.305. The molecule has 2 saturated heterocycles. The Bertz CT molecular complexity index is 1480. The van der Waals surface area contributed by atoms with Gasteiger partial charge in [0.15, 0.2) is 5.13 Å². The number of thiophene rings is 1. The van der Waals surface area contributed by atoms with Gasteiger partial charge in [-0.1, -0.05) is 60.7 Å². The summed E-state index contributed by atoms with van der Waals surface area (Å²) in [6.45, 7) is 8.07. The van der Waals surface area contributed by atoms with Crippen molar-refractivity contribution in [2.75, 3.05) is 60.9 Å². The Morgan fingerprint density at radius 3 is 2.40 bits per heavy atom. The van der Waals surface area contributed by atoms with Crippen LogP contribution in [0.5, 0.6) is 0 Å². The fourth-order valence-electron chi connectivity index (χ4n) is 6.62. The molecule has 3 fully saturated rings. The van der Waals surface area contributed by atoms with Crippen LogP contribution in [-0.2, 0) is 4.79 Å². The number of nitrogens with zero attached hydrogens (tertiary/aromatic N) is 5. The molecule has 3 aliphatic rings. The van der Waals surface area contributed by atoms with Crippen LogP contribution in [0.4, 0.5) is 16.0 Å². The molecule has 13 heteroatoms. The van der Waals surface area contributed by atoms with Gasteiger partial charge < -0.3 is 15.1 Å². The quantitative estimate of drug-likeness (QED) is 0.249. The van der Waals surface area contributed by atoms with E-state index in [-0.39, 0.29) is 17.7 Å². The Labute approximate surface area is 283 Å². The lowest BCUT2D eigenvalue weighted by molar-refractivity contribution is -0.125. The predicted molar refractivity (Wildman–Crippen MR) is 187 cm³/mol. The van der Waals surface area contributed by atoms with Crippen LogP contribution < -0.4 is 20.4 Å². The Kier molecular flexibility index (Phi) is 10.8. The van der Waals surface area contributed by atoms with Crippen LogP contribution in [0.1, 0.15) is 68.6 Å². The molecular weight excluding hydrogens is 649 g/mol. The number of anilines is 3. The van der Waals surface area contributed by atoms with E-state index in [2.05, 4.69) is 30.3 Å². The number of hydrogen-bond donors (Lipinski definition) is 2. The molecule has 2 aliphatic heterocycles. The van der Waals surface area contributed by atoms with Crippen molar-refractivity contribution in [3.63, 3.8) is 0 Å². The molecule has 242 valence electrons. The van der Waals surface area contributed by atoms with Crippen molar-refractivity contribution in [2.45, 2.75) is 64.3 Å². The van der Waals surface area contributed by atoms with Gasteiger partial charge in [-0.15, -0.1) is 11.3 Å². The number of carbonyl (C=O) groups excluding carboxylic acids is 2. The molecule has 2 N–H and O–H groups in total. The van der Waals surface area contributed by atoms with Gasteiger partial charge in [-0.05, 0) is 44.2 Å². The number of pyridine rings is 1. The van der Waals surface area contributed by atoms with E-state index in [0.29, 0.717) is 52.2 Å². The number of nitrogens with one attached hydrogen (secondary N) is 2. The highest BCUT2D eigenvalue weighted by Crippen LogP contribution is 2.42. The van der Waals surface area contributed by atoms with Crippen molar-refractivity contribution in [3.8, 4) is 10.6 Å². The number of rotatable bonds is 9. The molecule has 0 atom stereocenters. The molecule has 45 heavy (non-hydrogen) atoms. The summed E-state index contributed by atoms with van der Waals surface area (Å²) in [5.74, 6) is 0.470. The van der Waals surface area contributed by atoms with Gasteiger partial charge in [0, 0.05) is 69.3 Å². The third-order valence-electron chi connectivity index (χ3n) is 9.12. The number of piperazine rings is 1. The first-order valence-corrected chi connectivity index (χ1v) is 18.6. The van der Waals surface area contributed by atoms with Crippen molar-refractivity contribution < 1.29 is 9.59 Å². The van der Waals surface area contributed by atoms with Crippen LogP contribution in [-0.4, -0.2) is 78.5 Å². The lowest BCUT2D eigenvalue weighted by Gasteiger charge is -2.41. The molecule has 0 bridgehead atoms. The molecule has 9 nitrogen and oxygen atoms in total. The number of carbonyl (C=O) groups is 2. The first-order valence-electron chi connectivity index (χ1n) is 16.1. The number of thiazole rings is 1. The number of hydrogen-bond acceptors (Lipinski definition) is 9. The highest BCUT2D eigenvalue weighted by molar-refractivity contribution is 7.21. The summed E-state index contributed by atoms with van der Waals surface area (Å²) in [5, 5.41) is 10.6. The Balaban J connectivity index is 1.12. The molecule has 3 aromatic rings. The van der Waals surface area contributed by atoms with Crippen LogP contribution in [0.2, 0.25) is 10.0 Å². The van der Waals surface area contributed by atoms with E-state index in [1.165, 1.54) is 43.4 Å². The zero-order valence-corrected chi connectivity index (χ0v) is 28.8. The highest BCUT2D eigenvalue weighted by Gasteiger charge is 2.29. The molecule has 0 spiro atoms. The minimum Gasteiger partial charge on any atom is -0.359 e. The number of piperidine rings is 1. The summed E-state index contributed by atoms with van der Waals surface area (Å²) in [6, 6.07) is 4.32. The summed E-state index contributed by atoms with van der Waals surface area (Å²) in [5.41, 5.74) is 1.23. The Morgan fingerprint density at radius 2 is 1.73 bits per heavy atom. The van der Waals surface area contributed by atoms with Crippen molar-refractivity contribution in [1.82, 2.24) is 20.2 Å². The van der Waals surface area contributed by atoms with Crippen molar-refractivity contribution in [1.29, 1.82) is 0 Å². The summed E-state index contributed by atoms with van der Waals surface area (Å²) < 4.78 is 0. The summed E-state index contributed by atoms with van der Waals surface area (Å²) in [7, 11) is 0. The van der Waals surface area contributed by atoms with E-state index in [4.69, 9.17) is 28.2 Å². The average molecular weight is 691 g/mol. The van der Waals surface area contributed by atoms with Gasteiger partial charge >= 0.3 is 0 Å². The lowest BCUT2D eigenvalue weighted by atomic mass is 9.94. The fraction of sp³-hybridized carbons (Fsp3) is 0.562. The topological polar surface area (TPSA) is 93.7 Å². The SMILES string of the molecule is CCCNC(=O)C1CCN(c2ncc(C(=O)Nc3nc(-c4cc(Cl)cs4)c(N4CCN(C5CCCCC5)CC4)s3)cc2Cl)CC1. The van der Waals surface area contributed by atoms with Crippen LogP contribution in [0.3, 0.4) is 0 Å². The third kappa shape index (κ3) is 7.76. The Hall–Kier alpha value is -2.44. The van der Waals surface area contributed by atoms with Gasteiger partial charge in [-0.25, -0.2) is 9.97 Å². The van der Waals surface area contributed by atoms with Gasteiger partial charge in [-0.2, -0.15) is 0 Å². The van der Waals surface area contributed by atoms with E-state index < -0.39 is 0 Å². The molecule has 2 amide bonds. The molecule has 0 aromatic carbocycles. The summed E-state index contributed by atoms with van der Waals surface area (Å²) >= 11 is 16.0. The Morgan fingerprint density at radius 1 is 0.978 bits per heavy atom. The molecule has 3 aromatic heterocycles. The highest BCUT2D eigenvalue weighted by atomic mass is 35.5. The number of amides is 2. The van der Waals surface area contributed by atoms with Crippen LogP contribution >= 0.6 is 45.9 Å². The summed E-state index contributed by atoms with van der Waals surface area (Å²) in [6.07, 6.45) is 10.7. The molecule has 0 unspecified atom stereocenters.